The third kappa shape index (κ3) is 2.70. The minimum Gasteiger partial charge on any atom is -0.333 e. The Labute approximate surface area is 112 Å². The van der Waals surface area contributed by atoms with Gasteiger partial charge in [-0.3, -0.25) is 9.36 Å². The normalized spacial score (nSPS) is 14.0. The Balaban J connectivity index is 2.12. The molecule has 2 rings (SSSR count). The number of hydrogen-bond donors (Lipinski definition) is 0. The average Bonchev–Trinajstić information content (AvgIpc) is 2.73. The van der Waals surface area contributed by atoms with Gasteiger partial charge in [-0.15, -0.1) is 12.3 Å². The van der Waals surface area contributed by atoms with E-state index in [1.165, 1.54) is 4.68 Å². The topological polar surface area (TPSA) is 60.1 Å². The van der Waals surface area contributed by atoms with Gasteiger partial charge in [-0.25, -0.2) is 9.48 Å². The highest BCUT2D eigenvalue weighted by atomic mass is 16.2. The second-order valence-corrected chi connectivity index (χ2v) is 4.59. The van der Waals surface area contributed by atoms with Crippen molar-refractivity contribution in [1.29, 1.82) is 0 Å². The van der Waals surface area contributed by atoms with E-state index in [-0.39, 0.29) is 11.6 Å². The molecule has 0 radical (unpaired) electrons. The molecule has 0 aromatic carbocycles. The zero-order chi connectivity index (χ0) is 13.8. The number of nitrogens with zero attached hydrogens (tertiary/aromatic N) is 4. The highest BCUT2D eigenvalue weighted by Crippen LogP contribution is 2.10. The first-order valence-corrected chi connectivity index (χ1v) is 6.55. The van der Waals surface area contributed by atoms with Crippen LogP contribution in [0.1, 0.15) is 32.0 Å². The van der Waals surface area contributed by atoms with Gasteiger partial charge in [0, 0.05) is 32.5 Å². The van der Waals surface area contributed by atoms with Crippen LogP contribution in [0.4, 0.5) is 0 Å². The van der Waals surface area contributed by atoms with Gasteiger partial charge in [-0.05, 0) is 6.42 Å². The molecule has 0 spiro atoms. The van der Waals surface area contributed by atoms with Crippen molar-refractivity contribution in [3.8, 4) is 12.3 Å². The molecule has 1 amide bonds. The molecule has 2 heterocycles. The summed E-state index contributed by atoms with van der Waals surface area (Å²) >= 11 is 0. The van der Waals surface area contributed by atoms with Gasteiger partial charge in [-0.2, -0.15) is 5.10 Å². The van der Waals surface area contributed by atoms with E-state index in [1.54, 1.807) is 9.47 Å². The number of fused-ring (bicyclic) bond motifs is 1. The average molecular weight is 262 g/mol. The largest absolute Gasteiger partial charge is 0.346 e. The molecular formula is C13H18N4O2. The number of carbonyl (C=O) groups is 1. The van der Waals surface area contributed by atoms with Crippen molar-refractivity contribution >= 4 is 5.91 Å². The number of amides is 1. The van der Waals surface area contributed by atoms with E-state index in [2.05, 4.69) is 11.0 Å². The number of aromatic nitrogens is 3. The van der Waals surface area contributed by atoms with E-state index < -0.39 is 0 Å². The zero-order valence-corrected chi connectivity index (χ0v) is 11.1. The van der Waals surface area contributed by atoms with Crippen LogP contribution in [-0.2, 0) is 24.4 Å². The molecule has 102 valence electrons. The number of carbonyl (C=O) groups excluding carboxylic acids is 1. The lowest BCUT2D eigenvalue weighted by molar-refractivity contribution is -0.132. The molecule has 1 aliphatic rings. The SMILES string of the molecule is C#CCCC(=O)N1CCn2c(nn(CCC)c2=O)C1. The summed E-state index contributed by atoms with van der Waals surface area (Å²) in [6, 6.07) is 0. The summed E-state index contributed by atoms with van der Waals surface area (Å²) < 4.78 is 3.13. The standard InChI is InChI=1S/C13H18N4O2/c1-3-5-6-12(18)15-8-9-16-11(10-15)14-17(7-4-2)13(16)19/h1H,4-10H2,2H3. The lowest BCUT2D eigenvalue weighted by atomic mass is 10.2. The Morgan fingerprint density at radius 3 is 2.95 bits per heavy atom. The summed E-state index contributed by atoms with van der Waals surface area (Å²) in [7, 11) is 0. The van der Waals surface area contributed by atoms with E-state index in [9.17, 15) is 9.59 Å². The van der Waals surface area contributed by atoms with Gasteiger partial charge in [0.1, 0.15) is 0 Å². The molecule has 0 aliphatic carbocycles. The number of rotatable bonds is 4. The van der Waals surface area contributed by atoms with E-state index >= 15 is 0 Å². The van der Waals surface area contributed by atoms with Crippen molar-refractivity contribution < 1.29 is 4.79 Å². The van der Waals surface area contributed by atoms with Crippen LogP contribution in [0.15, 0.2) is 4.79 Å². The number of hydrogen-bond acceptors (Lipinski definition) is 3. The Bertz CT molecular complexity index is 564. The Kier molecular flexibility index (Phi) is 4.05. The second-order valence-electron chi connectivity index (χ2n) is 4.59. The van der Waals surface area contributed by atoms with Crippen LogP contribution >= 0.6 is 0 Å². The van der Waals surface area contributed by atoms with Crippen molar-refractivity contribution in [2.45, 2.75) is 45.8 Å². The van der Waals surface area contributed by atoms with Gasteiger partial charge in [0.05, 0.1) is 6.54 Å². The van der Waals surface area contributed by atoms with Crippen molar-refractivity contribution in [3.63, 3.8) is 0 Å². The fraction of sp³-hybridized carbons (Fsp3) is 0.615. The van der Waals surface area contributed by atoms with E-state index in [4.69, 9.17) is 6.42 Å². The van der Waals surface area contributed by atoms with Crippen molar-refractivity contribution in [2.75, 3.05) is 6.54 Å². The summed E-state index contributed by atoms with van der Waals surface area (Å²) in [6.07, 6.45) is 6.83. The van der Waals surface area contributed by atoms with E-state index in [0.717, 1.165) is 6.42 Å². The summed E-state index contributed by atoms with van der Waals surface area (Å²) in [4.78, 5) is 25.6. The predicted octanol–water partition coefficient (Wildman–Crippen LogP) is 0.210. The fourth-order valence-electron chi connectivity index (χ4n) is 2.21. The molecule has 0 bridgehead atoms. The number of terminal acetylenes is 1. The first-order chi connectivity index (χ1) is 9.17. The zero-order valence-electron chi connectivity index (χ0n) is 11.1. The third-order valence-corrected chi connectivity index (χ3v) is 3.20. The van der Waals surface area contributed by atoms with Crippen molar-refractivity contribution in [2.24, 2.45) is 0 Å². The fourth-order valence-corrected chi connectivity index (χ4v) is 2.21. The molecule has 1 aromatic rings. The summed E-state index contributed by atoms with van der Waals surface area (Å²) in [5, 5.41) is 4.29. The van der Waals surface area contributed by atoms with Crippen LogP contribution < -0.4 is 5.69 Å². The molecule has 0 fully saturated rings. The van der Waals surface area contributed by atoms with Crippen LogP contribution in [0.5, 0.6) is 0 Å². The first-order valence-electron chi connectivity index (χ1n) is 6.55. The highest BCUT2D eigenvalue weighted by molar-refractivity contribution is 5.76. The third-order valence-electron chi connectivity index (χ3n) is 3.20. The Morgan fingerprint density at radius 1 is 1.47 bits per heavy atom. The molecule has 1 aliphatic heterocycles. The molecule has 0 unspecified atom stereocenters. The predicted molar refractivity (Wildman–Crippen MR) is 70.3 cm³/mol. The van der Waals surface area contributed by atoms with Crippen LogP contribution in [0.2, 0.25) is 0 Å². The molecule has 6 heteroatoms. The lowest BCUT2D eigenvalue weighted by Gasteiger charge is -2.26. The first kappa shape index (κ1) is 13.4. The van der Waals surface area contributed by atoms with Crippen LogP contribution in [0, 0.1) is 12.3 Å². The van der Waals surface area contributed by atoms with E-state index in [1.807, 2.05) is 6.92 Å². The molecular weight excluding hydrogens is 244 g/mol. The highest BCUT2D eigenvalue weighted by Gasteiger charge is 2.24. The van der Waals surface area contributed by atoms with Gasteiger partial charge in [0.2, 0.25) is 5.91 Å². The smallest absolute Gasteiger partial charge is 0.333 e. The molecule has 0 saturated carbocycles. The van der Waals surface area contributed by atoms with Gasteiger partial charge >= 0.3 is 5.69 Å². The van der Waals surface area contributed by atoms with Crippen LogP contribution in [-0.4, -0.2) is 31.7 Å². The monoisotopic (exact) mass is 262 g/mol. The van der Waals surface area contributed by atoms with Gasteiger partial charge in [-0.1, -0.05) is 6.92 Å². The van der Waals surface area contributed by atoms with E-state index in [0.29, 0.717) is 44.8 Å². The Morgan fingerprint density at radius 2 is 2.26 bits per heavy atom. The Hall–Kier alpha value is -2.03. The molecule has 0 saturated heterocycles. The van der Waals surface area contributed by atoms with Crippen molar-refractivity contribution in [3.05, 3.63) is 16.3 Å². The quantitative estimate of drug-likeness (QED) is 0.729. The summed E-state index contributed by atoms with van der Waals surface area (Å²) in [5.41, 5.74) is -0.0763. The maximum absolute atomic E-state index is 12.0. The number of aryl methyl sites for hydroxylation is 1. The van der Waals surface area contributed by atoms with Gasteiger partial charge in [0.25, 0.3) is 0 Å². The lowest BCUT2D eigenvalue weighted by Crippen LogP contribution is -2.40. The van der Waals surface area contributed by atoms with Gasteiger partial charge < -0.3 is 4.90 Å². The minimum absolute atomic E-state index is 0.0293. The van der Waals surface area contributed by atoms with Crippen molar-refractivity contribution in [1.82, 2.24) is 19.2 Å². The van der Waals surface area contributed by atoms with Crippen LogP contribution in [0.25, 0.3) is 0 Å². The second kappa shape index (κ2) is 5.74. The molecule has 1 aromatic heterocycles. The maximum Gasteiger partial charge on any atom is 0.346 e. The molecule has 0 atom stereocenters. The molecule has 19 heavy (non-hydrogen) atoms. The molecule has 0 N–H and O–H groups in total. The van der Waals surface area contributed by atoms with Crippen LogP contribution in [0.3, 0.4) is 0 Å². The molecule has 6 nitrogen and oxygen atoms in total. The summed E-state index contributed by atoms with van der Waals surface area (Å²) in [5.74, 6) is 3.16. The van der Waals surface area contributed by atoms with Gasteiger partial charge in [0.15, 0.2) is 5.82 Å². The summed E-state index contributed by atoms with van der Waals surface area (Å²) in [6.45, 7) is 4.08. The maximum atomic E-state index is 12.0. The minimum atomic E-state index is -0.0763.